The summed E-state index contributed by atoms with van der Waals surface area (Å²) in [7, 11) is 0. The van der Waals surface area contributed by atoms with Crippen molar-refractivity contribution in [2.75, 3.05) is 19.7 Å². The summed E-state index contributed by atoms with van der Waals surface area (Å²) in [5, 5.41) is 7.83. The largest absolute Gasteiger partial charge is 0.492 e. The summed E-state index contributed by atoms with van der Waals surface area (Å²) in [4.78, 5) is 2.12. The van der Waals surface area contributed by atoms with Crippen LogP contribution in [0.3, 0.4) is 0 Å². The third-order valence-electron chi connectivity index (χ3n) is 3.09. The van der Waals surface area contributed by atoms with Gasteiger partial charge in [0.1, 0.15) is 12.4 Å². The first-order valence-electron chi connectivity index (χ1n) is 6.27. The van der Waals surface area contributed by atoms with Gasteiger partial charge in [0.25, 0.3) is 0 Å². The summed E-state index contributed by atoms with van der Waals surface area (Å²) in [6, 6.07) is 8.09. The zero-order chi connectivity index (χ0) is 12.1. The number of aryl methyl sites for hydroxylation is 1. The van der Waals surface area contributed by atoms with Crippen molar-refractivity contribution in [2.45, 2.75) is 26.2 Å². The van der Waals surface area contributed by atoms with Gasteiger partial charge < -0.3 is 9.64 Å². The van der Waals surface area contributed by atoms with Crippen LogP contribution in [0.15, 0.2) is 24.3 Å². The van der Waals surface area contributed by atoms with Gasteiger partial charge in [0.15, 0.2) is 0 Å². The standard InChI is InChI=1S/C14H20N2O/c1-12-5-4-6-13(11-12)17-10-9-16-8-3-2-7-14(16)15/h4-6,11,15H,2-3,7-10H2,1H3. The van der Waals surface area contributed by atoms with Crippen LogP contribution in [0.4, 0.5) is 0 Å². The molecule has 0 aliphatic carbocycles. The molecule has 0 saturated carbocycles. The fourth-order valence-electron chi connectivity index (χ4n) is 2.11. The van der Waals surface area contributed by atoms with Gasteiger partial charge in [-0.1, -0.05) is 12.1 Å². The van der Waals surface area contributed by atoms with Crippen LogP contribution < -0.4 is 4.74 Å². The van der Waals surface area contributed by atoms with Crippen LogP contribution in [0.5, 0.6) is 5.75 Å². The second-order valence-corrected chi connectivity index (χ2v) is 4.56. The van der Waals surface area contributed by atoms with E-state index < -0.39 is 0 Å². The second kappa shape index (κ2) is 5.71. The Morgan fingerprint density at radius 2 is 2.24 bits per heavy atom. The molecule has 1 aliphatic rings. The van der Waals surface area contributed by atoms with Gasteiger partial charge >= 0.3 is 0 Å². The van der Waals surface area contributed by atoms with Crippen molar-refractivity contribution in [3.63, 3.8) is 0 Å². The smallest absolute Gasteiger partial charge is 0.119 e. The minimum absolute atomic E-state index is 0.659. The van der Waals surface area contributed by atoms with Crippen molar-refractivity contribution in [1.82, 2.24) is 4.90 Å². The molecule has 1 fully saturated rings. The lowest BCUT2D eigenvalue weighted by atomic mass is 10.1. The molecule has 17 heavy (non-hydrogen) atoms. The zero-order valence-electron chi connectivity index (χ0n) is 10.4. The van der Waals surface area contributed by atoms with Gasteiger partial charge in [-0.2, -0.15) is 0 Å². The molecule has 0 bridgehead atoms. The first kappa shape index (κ1) is 12.0. The first-order chi connectivity index (χ1) is 8.25. The minimum Gasteiger partial charge on any atom is -0.492 e. The predicted molar refractivity (Wildman–Crippen MR) is 69.8 cm³/mol. The normalized spacial score (nSPS) is 16.1. The Kier molecular flexibility index (Phi) is 4.02. The number of rotatable bonds is 4. The molecule has 92 valence electrons. The molecule has 0 unspecified atom stereocenters. The van der Waals surface area contributed by atoms with Crippen molar-refractivity contribution in [2.24, 2.45) is 0 Å². The summed E-state index contributed by atoms with van der Waals surface area (Å²) in [5.74, 6) is 1.69. The van der Waals surface area contributed by atoms with E-state index in [1.54, 1.807) is 0 Å². The van der Waals surface area contributed by atoms with Gasteiger partial charge in [-0.05, 0) is 37.5 Å². The molecule has 0 aromatic heterocycles. The number of nitrogens with zero attached hydrogens (tertiary/aromatic N) is 1. The summed E-state index contributed by atoms with van der Waals surface area (Å²) >= 11 is 0. The van der Waals surface area contributed by atoms with Crippen molar-refractivity contribution >= 4 is 5.84 Å². The Hall–Kier alpha value is -1.51. The number of amidine groups is 1. The number of hydrogen-bond acceptors (Lipinski definition) is 2. The lowest BCUT2D eigenvalue weighted by Gasteiger charge is -2.29. The fraction of sp³-hybridized carbons (Fsp3) is 0.500. The van der Waals surface area contributed by atoms with Crippen LogP contribution >= 0.6 is 0 Å². The maximum atomic E-state index is 7.83. The number of hydrogen-bond donors (Lipinski definition) is 1. The predicted octanol–water partition coefficient (Wildman–Crippen LogP) is 2.84. The molecule has 0 amide bonds. The molecule has 1 N–H and O–H groups in total. The van der Waals surface area contributed by atoms with E-state index in [1.807, 2.05) is 18.2 Å². The lowest BCUT2D eigenvalue weighted by Crippen LogP contribution is -2.37. The molecule has 0 radical (unpaired) electrons. The fourth-order valence-corrected chi connectivity index (χ4v) is 2.11. The topological polar surface area (TPSA) is 36.3 Å². The average Bonchev–Trinajstić information content (AvgIpc) is 2.32. The van der Waals surface area contributed by atoms with E-state index in [0.29, 0.717) is 6.61 Å². The number of piperidine rings is 1. The quantitative estimate of drug-likeness (QED) is 0.866. The van der Waals surface area contributed by atoms with E-state index in [4.69, 9.17) is 10.1 Å². The number of benzene rings is 1. The van der Waals surface area contributed by atoms with Gasteiger partial charge in [-0.15, -0.1) is 0 Å². The highest BCUT2D eigenvalue weighted by Crippen LogP contribution is 2.13. The molecule has 0 atom stereocenters. The molecule has 1 heterocycles. The van der Waals surface area contributed by atoms with E-state index in [1.165, 1.54) is 12.0 Å². The Morgan fingerprint density at radius 1 is 1.35 bits per heavy atom. The highest BCUT2D eigenvalue weighted by Gasteiger charge is 2.14. The van der Waals surface area contributed by atoms with Gasteiger partial charge in [0.2, 0.25) is 0 Å². The molecular weight excluding hydrogens is 212 g/mol. The van der Waals surface area contributed by atoms with Crippen LogP contribution in [0, 0.1) is 12.3 Å². The van der Waals surface area contributed by atoms with E-state index in [9.17, 15) is 0 Å². The van der Waals surface area contributed by atoms with E-state index in [-0.39, 0.29) is 0 Å². The first-order valence-corrected chi connectivity index (χ1v) is 6.27. The van der Waals surface area contributed by atoms with Crippen LogP contribution in [-0.2, 0) is 0 Å². The third kappa shape index (κ3) is 3.48. The monoisotopic (exact) mass is 232 g/mol. The van der Waals surface area contributed by atoms with Gasteiger partial charge in [0.05, 0.1) is 12.4 Å². The molecule has 1 aromatic carbocycles. The molecule has 3 nitrogen and oxygen atoms in total. The molecule has 1 saturated heterocycles. The maximum absolute atomic E-state index is 7.83. The minimum atomic E-state index is 0.659. The Morgan fingerprint density at radius 3 is 3.00 bits per heavy atom. The Labute approximate surface area is 103 Å². The number of nitrogens with one attached hydrogen (secondary N) is 1. The van der Waals surface area contributed by atoms with Crippen LogP contribution in [0.2, 0.25) is 0 Å². The number of likely N-dealkylation sites (tertiary alicyclic amines) is 1. The molecule has 2 rings (SSSR count). The summed E-state index contributed by atoms with van der Waals surface area (Å²) in [5.41, 5.74) is 1.22. The average molecular weight is 232 g/mol. The van der Waals surface area contributed by atoms with Gasteiger partial charge in [-0.3, -0.25) is 5.41 Å². The third-order valence-corrected chi connectivity index (χ3v) is 3.09. The van der Waals surface area contributed by atoms with Crippen molar-refractivity contribution in [3.05, 3.63) is 29.8 Å². The SMILES string of the molecule is Cc1cccc(OCCN2CCCCC2=N)c1. The Bertz CT molecular complexity index is 390. The highest BCUT2D eigenvalue weighted by molar-refractivity contribution is 5.79. The second-order valence-electron chi connectivity index (χ2n) is 4.56. The van der Waals surface area contributed by atoms with Crippen LogP contribution in [-0.4, -0.2) is 30.4 Å². The van der Waals surface area contributed by atoms with E-state index >= 15 is 0 Å². The van der Waals surface area contributed by atoms with Crippen LogP contribution in [0.1, 0.15) is 24.8 Å². The van der Waals surface area contributed by atoms with Gasteiger partial charge in [0, 0.05) is 13.0 Å². The van der Waals surface area contributed by atoms with Crippen molar-refractivity contribution < 1.29 is 4.74 Å². The molecular formula is C14H20N2O. The molecule has 1 aromatic rings. The zero-order valence-corrected chi connectivity index (χ0v) is 10.4. The summed E-state index contributed by atoms with van der Waals surface area (Å²) in [6.45, 7) is 4.56. The molecule has 3 heteroatoms. The summed E-state index contributed by atoms with van der Waals surface area (Å²) < 4.78 is 5.70. The van der Waals surface area contributed by atoms with Gasteiger partial charge in [-0.25, -0.2) is 0 Å². The molecule has 0 spiro atoms. The molecule has 1 aliphatic heterocycles. The van der Waals surface area contributed by atoms with Crippen molar-refractivity contribution in [1.29, 1.82) is 5.41 Å². The Balaban J connectivity index is 1.77. The van der Waals surface area contributed by atoms with Crippen LogP contribution in [0.25, 0.3) is 0 Å². The van der Waals surface area contributed by atoms with E-state index in [2.05, 4.69) is 17.9 Å². The van der Waals surface area contributed by atoms with Crippen molar-refractivity contribution in [3.8, 4) is 5.75 Å². The highest BCUT2D eigenvalue weighted by atomic mass is 16.5. The maximum Gasteiger partial charge on any atom is 0.119 e. The number of ether oxygens (including phenoxy) is 1. The lowest BCUT2D eigenvalue weighted by molar-refractivity contribution is 0.256. The summed E-state index contributed by atoms with van der Waals surface area (Å²) in [6.07, 6.45) is 3.28. The van der Waals surface area contributed by atoms with E-state index in [0.717, 1.165) is 37.5 Å².